The molecule has 24 heavy (non-hydrogen) atoms. The van der Waals surface area contributed by atoms with Gasteiger partial charge < -0.3 is 10.2 Å². The van der Waals surface area contributed by atoms with Crippen molar-refractivity contribution in [2.75, 3.05) is 19.6 Å². The molecule has 0 spiro atoms. The highest BCUT2D eigenvalue weighted by Gasteiger charge is 2.31. The minimum absolute atomic E-state index is 0.0354. The van der Waals surface area contributed by atoms with Gasteiger partial charge in [0.25, 0.3) is 0 Å². The van der Waals surface area contributed by atoms with Gasteiger partial charge in [0.2, 0.25) is 5.91 Å². The lowest BCUT2D eigenvalue weighted by Gasteiger charge is -2.37. The average Bonchev–Trinajstić information content (AvgIpc) is 2.63. The number of thioether (sulfide) groups is 1. The fraction of sp³-hybridized carbons (Fsp3) is 0.333. The van der Waals surface area contributed by atoms with E-state index >= 15 is 0 Å². The van der Waals surface area contributed by atoms with E-state index in [1.807, 2.05) is 54.4 Å². The summed E-state index contributed by atoms with van der Waals surface area (Å²) < 4.78 is 0. The van der Waals surface area contributed by atoms with Crippen LogP contribution < -0.4 is 5.32 Å². The number of hydrogen-bond donors (Lipinski definition) is 1. The van der Waals surface area contributed by atoms with Crippen LogP contribution in [0.5, 0.6) is 0 Å². The summed E-state index contributed by atoms with van der Waals surface area (Å²) in [5.74, 6) is 0.158. The summed E-state index contributed by atoms with van der Waals surface area (Å²) in [4.78, 5) is 20.2. The van der Waals surface area contributed by atoms with Crippen molar-refractivity contribution in [3.63, 3.8) is 0 Å². The largest absolute Gasteiger partial charge is 0.332 e. The summed E-state index contributed by atoms with van der Waals surface area (Å²) in [6.07, 6.45) is 3.60. The summed E-state index contributed by atoms with van der Waals surface area (Å²) in [7, 11) is 0. The smallest absolute Gasteiger partial charge is 0.236 e. The van der Waals surface area contributed by atoms with Gasteiger partial charge in [-0.15, -0.1) is 11.8 Å². The Kier molecular flexibility index (Phi) is 5.76. The van der Waals surface area contributed by atoms with Crippen molar-refractivity contribution in [3.8, 4) is 0 Å². The predicted octanol–water partition coefficient (Wildman–Crippen LogP) is 3.39. The third kappa shape index (κ3) is 4.09. The maximum absolute atomic E-state index is 13.0. The molecule has 126 valence electrons. The lowest BCUT2D eigenvalue weighted by molar-refractivity contribution is -0.133. The number of nitrogens with one attached hydrogen (secondary N) is 1. The summed E-state index contributed by atoms with van der Waals surface area (Å²) in [6.45, 7) is 4.25. The number of aromatic nitrogens is 1. The molecule has 0 radical (unpaired) electrons. The van der Waals surface area contributed by atoms with Crippen LogP contribution in [0, 0.1) is 0 Å². The van der Waals surface area contributed by atoms with Gasteiger partial charge in [-0.1, -0.05) is 17.7 Å². The molecule has 0 bridgehead atoms. The zero-order valence-electron chi connectivity index (χ0n) is 13.5. The van der Waals surface area contributed by atoms with Gasteiger partial charge in [-0.25, -0.2) is 0 Å². The first-order valence-electron chi connectivity index (χ1n) is 7.98. The molecule has 3 rings (SSSR count). The second kappa shape index (κ2) is 8.01. The van der Waals surface area contributed by atoms with Crippen LogP contribution in [0.4, 0.5) is 0 Å². The van der Waals surface area contributed by atoms with Gasteiger partial charge in [0, 0.05) is 41.9 Å². The van der Waals surface area contributed by atoms with Crippen LogP contribution in [-0.2, 0) is 4.79 Å². The summed E-state index contributed by atoms with van der Waals surface area (Å²) in [5, 5.41) is 3.93. The molecule has 1 fully saturated rings. The fourth-order valence-electron chi connectivity index (χ4n) is 2.84. The first kappa shape index (κ1) is 17.3. The third-order valence-corrected chi connectivity index (χ3v) is 5.42. The van der Waals surface area contributed by atoms with Crippen molar-refractivity contribution >= 4 is 29.3 Å². The van der Waals surface area contributed by atoms with E-state index in [0.29, 0.717) is 11.6 Å². The highest BCUT2D eigenvalue weighted by atomic mass is 35.5. The number of halogens is 1. The number of benzene rings is 1. The van der Waals surface area contributed by atoms with E-state index in [1.165, 1.54) is 0 Å². The van der Waals surface area contributed by atoms with E-state index < -0.39 is 0 Å². The second-order valence-corrected chi connectivity index (χ2v) is 7.60. The summed E-state index contributed by atoms with van der Waals surface area (Å²) in [6, 6.07) is 11.6. The Morgan fingerprint density at radius 3 is 2.88 bits per heavy atom. The second-order valence-electron chi connectivity index (χ2n) is 5.75. The molecule has 2 atom stereocenters. The molecular formula is C18H20ClN3OS. The first-order valence-corrected chi connectivity index (χ1v) is 9.24. The fourth-order valence-corrected chi connectivity index (χ4v) is 3.90. The lowest BCUT2D eigenvalue weighted by atomic mass is 10.0. The molecule has 0 aliphatic carbocycles. The maximum atomic E-state index is 13.0. The molecule has 0 saturated carbocycles. The number of carbonyl (C=O) groups is 1. The van der Waals surface area contributed by atoms with Gasteiger partial charge in [-0.2, -0.15) is 0 Å². The van der Waals surface area contributed by atoms with Crippen LogP contribution in [0.3, 0.4) is 0 Å². The van der Waals surface area contributed by atoms with Crippen LogP contribution in [0.2, 0.25) is 5.02 Å². The van der Waals surface area contributed by atoms with Gasteiger partial charge in [-0.3, -0.25) is 9.78 Å². The van der Waals surface area contributed by atoms with Gasteiger partial charge in [0.05, 0.1) is 11.3 Å². The number of nitrogens with zero attached hydrogens (tertiary/aromatic N) is 2. The molecule has 2 heterocycles. The summed E-state index contributed by atoms with van der Waals surface area (Å²) >= 11 is 7.49. The van der Waals surface area contributed by atoms with Crippen molar-refractivity contribution in [2.24, 2.45) is 0 Å². The van der Waals surface area contributed by atoms with Crippen molar-refractivity contribution < 1.29 is 4.79 Å². The highest BCUT2D eigenvalue weighted by Crippen LogP contribution is 2.29. The van der Waals surface area contributed by atoms with Gasteiger partial charge in [0.15, 0.2) is 0 Å². The Labute approximate surface area is 151 Å². The Balaban J connectivity index is 1.72. The minimum Gasteiger partial charge on any atom is -0.332 e. The lowest BCUT2D eigenvalue weighted by Crippen LogP contribution is -2.50. The third-order valence-electron chi connectivity index (χ3n) is 4.07. The van der Waals surface area contributed by atoms with Crippen LogP contribution >= 0.6 is 23.4 Å². The SMILES string of the molecule is CC(Sc1ccc(Cl)cc1)C(=O)N1CCNCC1c1cccnc1. The zero-order valence-corrected chi connectivity index (χ0v) is 15.1. The topological polar surface area (TPSA) is 45.2 Å². The van der Waals surface area contributed by atoms with E-state index in [2.05, 4.69) is 10.3 Å². The molecule has 4 nitrogen and oxygen atoms in total. The number of carbonyl (C=O) groups excluding carboxylic acids is 1. The van der Waals surface area contributed by atoms with Gasteiger partial charge in [0.1, 0.15) is 0 Å². The molecule has 1 aliphatic rings. The molecule has 1 aromatic heterocycles. The number of rotatable bonds is 4. The van der Waals surface area contributed by atoms with E-state index in [9.17, 15) is 4.79 Å². The van der Waals surface area contributed by atoms with Crippen molar-refractivity contribution in [3.05, 3.63) is 59.4 Å². The van der Waals surface area contributed by atoms with Crippen molar-refractivity contribution in [1.82, 2.24) is 15.2 Å². The minimum atomic E-state index is -0.150. The molecule has 1 aromatic carbocycles. The first-order chi connectivity index (χ1) is 11.6. The maximum Gasteiger partial charge on any atom is 0.236 e. The van der Waals surface area contributed by atoms with Crippen LogP contribution in [0.15, 0.2) is 53.7 Å². The number of amides is 1. The highest BCUT2D eigenvalue weighted by molar-refractivity contribution is 8.00. The predicted molar refractivity (Wildman–Crippen MR) is 98.3 cm³/mol. The molecule has 1 amide bonds. The van der Waals surface area contributed by atoms with E-state index in [4.69, 9.17) is 11.6 Å². The van der Waals surface area contributed by atoms with Gasteiger partial charge in [-0.05, 0) is 42.8 Å². The normalized spacial score (nSPS) is 19.1. The van der Waals surface area contributed by atoms with Crippen LogP contribution in [0.25, 0.3) is 0 Å². The molecule has 2 unspecified atom stereocenters. The number of hydrogen-bond acceptors (Lipinski definition) is 4. The molecule has 2 aromatic rings. The zero-order chi connectivity index (χ0) is 16.9. The average molecular weight is 362 g/mol. The Morgan fingerprint density at radius 1 is 1.38 bits per heavy atom. The molecule has 1 N–H and O–H groups in total. The molecule has 1 aliphatic heterocycles. The number of piperazine rings is 1. The van der Waals surface area contributed by atoms with Crippen LogP contribution in [-0.4, -0.2) is 40.7 Å². The van der Waals surface area contributed by atoms with Crippen molar-refractivity contribution in [2.45, 2.75) is 23.1 Å². The quantitative estimate of drug-likeness (QED) is 0.848. The van der Waals surface area contributed by atoms with Crippen molar-refractivity contribution in [1.29, 1.82) is 0 Å². The summed E-state index contributed by atoms with van der Waals surface area (Å²) in [5.41, 5.74) is 1.07. The standard InChI is InChI=1S/C18H20ClN3OS/c1-13(24-16-6-4-15(19)5-7-16)18(23)22-10-9-21-12-17(22)14-3-2-8-20-11-14/h2-8,11,13,17,21H,9-10,12H2,1H3. The Hall–Kier alpha value is -1.56. The Bertz CT molecular complexity index is 680. The monoisotopic (exact) mass is 361 g/mol. The molecule has 1 saturated heterocycles. The Morgan fingerprint density at radius 2 is 2.17 bits per heavy atom. The molecule has 6 heteroatoms. The van der Waals surface area contributed by atoms with E-state index in [1.54, 1.807) is 18.0 Å². The van der Waals surface area contributed by atoms with Crippen LogP contribution in [0.1, 0.15) is 18.5 Å². The van der Waals surface area contributed by atoms with Gasteiger partial charge >= 0.3 is 0 Å². The van der Waals surface area contributed by atoms with E-state index in [-0.39, 0.29) is 17.2 Å². The number of pyridine rings is 1. The molecular weight excluding hydrogens is 342 g/mol. The van der Waals surface area contributed by atoms with E-state index in [0.717, 1.165) is 23.5 Å².